The van der Waals surface area contributed by atoms with Gasteiger partial charge >= 0.3 is 5.97 Å². The third kappa shape index (κ3) is 3.43. The summed E-state index contributed by atoms with van der Waals surface area (Å²) in [6.07, 6.45) is 0. The number of benzene rings is 1. The lowest BCUT2D eigenvalue weighted by Crippen LogP contribution is -2.22. The summed E-state index contributed by atoms with van der Waals surface area (Å²) in [5.74, 6) is -1.03. The van der Waals surface area contributed by atoms with E-state index in [9.17, 15) is 14.0 Å². The maximum absolute atomic E-state index is 12.9. The van der Waals surface area contributed by atoms with Gasteiger partial charge in [-0.15, -0.1) is 0 Å². The smallest absolute Gasteiger partial charge is 0.309 e. The summed E-state index contributed by atoms with van der Waals surface area (Å²) in [5, 5.41) is 0. The van der Waals surface area contributed by atoms with Gasteiger partial charge in [0.1, 0.15) is 5.82 Å². The molecular formula is C14H13FN2O3S. The van der Waals surface area contributed by atoms with Gasteiger partial charge in [-0.2, -0.15) is 0 Å². The normalized spacial score (nSPS) is 11.5. The summed E-state index contributed by atoms with van der Waals surface area (Å²) >= 11 is 1.21. The van der Waals surface area contributed by atoms with Crippen LogP contribution in [0.4, 0.5) is 10.1 Å². The number of aromatic nitrogens is 1. The molecule has 1 heterocycles. The summed E-state index contributed by atoms with van der Waals surface area (Å²) in [5.41, 5.74) is 0.502. The molecule has 0 saturated carbocycles. The molecule has 0 aliphatic heterocycles. The summed E-state index contributed by atoms with van der Waals surface area (Å²) in [6, 6.07) is 5.56. The molecule has 2 aromatic rings. The Balaban J connectivity index is 2.60. The van der Waals surface area contributed by atoms with Gasteiger partial charge in [0.25, 0.3) is 0 Å². The topological polar surface area (TPSA) is 60.7 Å². The predicted molar refractivity (Wildman–Crippen MR) is 76.3 cm³/mol. The summed E-state index contributed by atoms with van der Waals surface area (Å²) in [4.78, 5) is 28.2. The van der Waals surface area contributed by atoms with Crippen LogP contribution in [0.1, 0.15) is 23.5 Å². The zero-order valence-corrected chi connectivity index (χ0v) is 12.5. The molecule has 1 aromatic heterocycles. The molecule has 0 bridgehead atoms. The van der Waals surface area contributed by atoms with Gasteiger partial charge < -0.3 is 4.74 Å². The van der Waals surface area contributed by atoms with Crippen molar-refractivity contribution in [2.75, 3.05) is 0 Å². The Morgan fingerprint density at radius 3 is 2.38 bits per heavy atom. The Morgan fingerprint density at radius 1 is 1.24 bits per heavy atom. The van der Waals surface area contributed by atoms with E-state index in [-0.39, 0.29) is 17.6 Å². The fraction of sp³-hybridized carbons (Fsp3) is 0.214. The van der Waals surface area contributed by atoms with Gasteiger partial charge in [0.2, 0.25) is 11.8 Å². The maximum Gasteiger partial charge on any atom is 0.309 e. The van der Waals surface area contributed by atoms with Gasteiger partial charge in [-0.05, 0) is 31.2 Å². The molecule has 0 atom stereocenters. The van der Waals surface area contributed by atoms with E-state index < -0.39 is 5.97 Å². The molecule has 2 rings (SSSR count). The van der Waals surface area contributed by atoms with Crippen LogP contribution in [0.5, 0.6) is 5.88 Å². The van der Waals surface area contributed by atoms with Gasteiger partial charge in [-0.3, -0.25) is 9.59 Å². The first-order chi connectivity index (χ1) is 9.88. The molecule has 0 spiro atoms. The Morgan fingerprint density at radius 2 is 1.86 bits per heavy atom. The second-order valence-electron chi connectivity index (χ2n) is 4.28. The highest BCUT2D eigenvalue weighted by molar-refractivity contribution is 7.09. The number of rotatable bonds is 2. The molecule has 5 nitrogen and oxygen atoms in total. The van der Waals surface area contributed by atoms with Crippen LogP contribution < -0.4 is 9.54 Å². The summed E-state index contributed by atoms with van der Waals surface area (Å²) < 4.78 is 19.2. The van der Waals surface area contributed by atoms with Crippen molar-refractivity contribution >= 4 is 28.9 Å². The van der Waals surface area contributed by atoms with Crippen molar-refractivity contribution in [3.8, 4) is 5.88 Å². The number of thiazole rings is 1. The first-order valence-electron chi connectivity index (χ1n) is 6.10. The lowest BCUT2D eigenvalue weighted by atomic mass is 10.3. The molecule has 0 fully saturated rings. The van der Waals surface area contributed by atoms with Crippen molar-refractivity contribution in [2.45, 2.75) is 20.8 Å². The van der Waals surface area contributed by atoms with Crippen LogP contribution in [0, 0.1) is 12.7 Å². The van der Waals surface area contributed by atoms with Gasteiger partial charge in [-0.1, -0.05) is 11.3 Å². The Kier molecular flexibility index (Phi) is 4.32. The van der Waals surface area contributed by atoms with Gasteiger partial charge in [0.15, 0.2) is 4.80 Å². The van der Waals surface area contributed by atoms with Crippen molar-refractivity contribution in [1.82, 2.24) is 4.57 Å². The van der Waals surface area contributed by atoms with E-state index in [4.69, 9.17) is 4.74 Å². The van der Waals surface area contributed by atoms with Gasteiger partial charge in [0, 0.05) is 13.8 Å². The van der Waals surface area contributed by atoms with Crippen molar-refractivity contribution < 1.29 is 18.7 Å². The van der Waals surface area contributed by atoms with E-state index in [1.807, 2.05) is 0 Å². The van der Waals surface area contributed by atoms with E-state index in [0.717, 1.165) is 0 Å². The number of halogens is 1. The number of carbonyl (C=O) groups excluding carboxylic acids is 2. The third-order valence-electron chi connectivity index (χ3n) is 2.55. The Labute approximate surface area is 124 Å². The highest BCUT2D eigenvalue weighted by atomic mass is 32.1. The molecule has 0 aliphatic carbocycles. The number of hydrogen-bond donors (Lipinski definition) is 0. The van der Waals surface area contributed by atoms with Crippen molar-refractivity contribution in [2.24, 2.45) is 4.99 Å². The summed E-state index contributed by atoms with van der Waals surface area (Å²) in [7, 11) is 0. The molecular weight excluding hydrogens is 295 g/mol. The molecule has 0 saturated heterocycles. The fourth-order valence-corrected chi connectivity index (χ4v) is 2.65. The van der Waals surface area contributed by atoms with Crippen molar-refractivity contribution in [3.63, 3.8) is 0 Å². The second-order valence-corrected chi connectivity index (χ2v) is 5.46. The van der Waals surface area contributed by atoms with E-state index >= 15 is 0 Å². The lowest BCUT2D eigenvalue weighted by Gasteiger charge is -2.04. The van der Waals surface area contributed by atoms with Crippen LogP contribution in [-0.4, -0.2) is 16.4 Å². The Hall–Kier alpha value is -2.28. The van der Waals surface area contributed by atoms with E-state index in [2.05, 4.69) is 4.99 Å². The molecule has 0 radical (unpaired) electrons. The minimum atomic E-state index is -0.515. The fourth-order valence-electron chi connectivity index (χ4n) is 1.70. The number of carbonyl (C=O) groups is 2. The summed E-state index contributed by atoms with van der Waals surface area (Å²) in [6.45, 7) is 4.34. The molecule has 7 heteroatoms. The highest BCUT2D eigenvalue weighted by Crippen LogP contribution is 2.21. The van der Waals surface area contributed by atoms with Crippen molar-refractivity contribution in [3.05, 3.63) is 39.8 Å². The zero-order chi connectivity index (χ0) is 15.6. The van der Waals surface area contributed by atoms with Crippen LogP contribution in [0.15, 0.2) is 29.3 Å². The molecule has 1 aromatic carbocycles. The number of nitrogens with zero attached hydrogens (tertiary/aromatic N) is 2. The van der Waals surface area contributed by atoms with E-state index in [1.165, 1.54) is 54.0 Å². The minimum absolute atomic E-state index is 0.167. The molecule has 21 heavy (non-hydrogen) atoms. The van der Waals surface area contributed by atoms with Crippen LogP contribution in [0.2, 0.25) is 0 Å². The molecule has 0 N–H and O–H groups in total. The average Bonchev–Trinajstić information content (AvgIpc) is 2.68. The lowest BCUT2D eigenvalue weighted by molar-refractivity contribution is -0.132. The second kappa shape index (κ2) is 6.01. The minimum Gasteiger partial charge on any atom is -0.408 e. The average molecular weight is 308 g/mol. The van der Waals surface area contributed by atoms with Crippen LogP contribution in [-0.2, 0) is 4.79 Å². The number of aryl methyl sites for hydroxylation is 1. The SMILES string of the molecule is CC(=O)Oc1c(C)sc(=Nc2ccc(F)cc2)n1C(C)=O. The first kappa shape index (κ1) is 15.1. The van der Waals surface area contributed by atoms with Crippen LogP contribution in [0.25, 0.3) is 0 Å². The molecule has 0 amide bonds. The number of esters is 1. The van der Waals surface area contributed by atoms with E-state index in [0.29, 0.717) is 15.4 Å². The number of ether oxygens (including phenoxy) is 1. The Bertz CT molecular complexity index is 760. The van der Waals surface area contributed by atoms with Crippen LogP contribution >= 0.6 is 11.3 Å². The highest BCUT2D eigenvalue weighted by Gasteiger charge is 2.17. The largest absolute Gasteiger partial charge is 0.408 e. The molecule has 0 aliphatic rings. The maximum atomic E-state index is 12.9. The monoisotopic (exact) mass is 308 g/mol. The standard InChI is InChI=1S/C14H13FN2O3S/c1-8-13(20-10(3)19)17(9(2)18)14(21-8)16-12-6-4-11(15)5-7-12/h4-7H,1-3H3. The third-order valence-corrected chi connectivity index (χ3v) is 3.48. The first-order valence-corrected chi connectivity index (χ1v) is 6.92. The van der Waals surface area contributed by atoms with Gasteiger partial charge in [0.05, 0.1) is 10.6 Å². The predicted octanol–water partition coefficient (Wildman–Crippen LogP) is 2.81. The van der Waals surface area contributed by atoms with E-state index in [1.54, 1.807) is 6.92 Å². The molecule has 110 valence electrons. The van der Waals surface area contributed by atoms with Crippen LogP contribution in [0.3, 0.4) is 0 Å². The van der Waals surface area contributed by atoms with Crippen molar-refractivity contribution in [1.29, 1.82) is 0 Å². The zero-order valence-electron chi connectivity index (χ0n) is 11.7. The molecule has 0 unspecified atom stereocenters. The number of hydrogen-bond acceptors (Lipinski definition) is 5. The van der Waals surface area contributed by atoms with Gasteiger partial charge in [-0.25, -0.2) is 13.9 Å². The quantitative estimate of drug-likeness (QED) is 0.802.